The van der Waals surface area contributed by atoms with Crippen LogP contribution in [0.3, 0.4) is 0 Å². The Balaban J connectivity index is 0.000000602. The summed E-state index contributed by atoms with van der Waals surface area (Å²) in [6.07, 6.45) is 0. The van der Waals surface area contributed by atoms with E-state index in [-0.39, 0.29) is 51.5 Å². The molecule has 0 aromatic heterocycles. The minimum Gasteiger partial charge on any atom is -0.519 e. The molecule has 0 saturated heterocycles. The van der Waals surface area contributed by atoms with E-state index in [1.807, 2.05) is 67.5 Å². The van der Waals surface area contributed by atoms with Gasteiger partial charge in [0.15, 0.2) is 0 Å². The Labute approximate surface area is 207 Å². The summed E-state index contributed by atoms with van der Waals surface area (Å²) in [5.41, 5.74) is 4.04. The monoisotopic (exact) mass is 503 g/mol. The largest absolute Gasteiger partial charge is 2.00 e. The Morgan fingerprint density at radius 3 is 1.06 bits per heavy atom. The van der Waals surface area contributed by atoms with E-state index in [4.69, 9.17) is 10.2 Å². The molecule has 0 bridgehead atoms. The molecule has 1 radical (unpaired) electrons. The van der Waals surface area contributed by atoms with Crippen molar-refractivity contribution in [2.45, 2.75) is 79.1 Å². The van der Waals surface area contributed by atoms with Crippen LogP contribution in [0.15, 0.2) is 24.3 Å². The molecule has 181 valence electrons. The molecule has 0 saturated carbocycles. The number of phenolic OH excluding ortho intramolecular Hbond substituents is 2. The van der Waals surface area contributed by atoms with E-state index in [1.165, 1.54) is 0 Å². The van der Waals surface area contributed by atoms with Crippen LogP contribution in [0.4, 0.5) is 0 Å². The Bertz CT molecular complexity index is 898. The fourth-order valence-corrected chi connectivity index (χ4v) is 3.27. The minimum atomic E-state index is -0.582. The molecule has 0 aliphatic rings. The predicted molar refractivity (Wildman–Crippen MR) is 132 cm³/mol. The Morgan fingerprint density at radius 1 is 0.606 bits per heavy atom. The quantitative estimate of drug-likeness (QED) is 0.447. The van der Waals surface area contributed by atoms with Gasteiger partial charge in [0.1, 0.15) is 11.5 Å². The van der Waals surface area contributed by atoms with E-state index in [0.29, 0.717) is 11.8 Å². The van der Waals surface area contributed by atoms with Crippen molar-refractivity contribution >= 4 is 11.9 Å². The smallest absolute Gasteiger partial charge is 0.519 e. The van der Waals surface area contributed by atoms with E-state index in [9.17, 15) is 19.8 Å². The molecule has 0 spiro atoms. The molecule has 7 heteroatoms. The number of aromatic hydroxyl groups is 2. The van der Waals surface area contributed by atoms with E-state index in [1.54, 1.807) is 12.1 Å². The summed E-state index contributed by atoms with van der Waals surface area (Å²) in [7, 11) is 0. The molecule has 8 N–H and O–H groups in total. The number of carbonyl (C=O) groups excluding carboxylic acids is 2. The number of hydrogen-bond donors (Lipinski definition) is 2. The number of phenols is 2. The summed E-state index contributed by atoms with van der Waals surface area (Å²) >= 11 is 0. The first-order valence-corrected chi connectivity index (χ1v) is 11.0. The molecule has 0 fully saturated rings. The summed E-state index contributed by atoms with van der Waals surface area (Å²) in [6, 6.07) is 7.23. The van der Waals surface area contributed by atoms with Crippen molar-refractivity contribution in [1.82, 2.24) is 0 Å². The second-order valence-corrected chi connectivity index (χ2v) is 9.33. The zero-order valence-corrected chi connectivity index (χ0v) is 22.0. The van der Waals surface area contributed by atoms with Crippen molar-refractivity contribution in [2.75, 3.05) is 0 Å². The molecule has 2 aromatic carbocycles. The Kier molecular flexibility index (Phi) is 11.7. The second kappa shape index (κ2) is 12.7. The summed E-state index contributed by atoms with van der Waals surface area (Å²) in [5, 5.41) is 34.4. The van der Waals surface area contributed by atoms with E-state index in [2.05, 4.69) is 0 Å². The minimum absolute atomic E-state index is 0. The summed E-state index contributed by atoms with van der Waals surface area (Å²) in [5.74, 6) is -0.191. The van der Waals surface area contributed by atoms with Crippen LogP contribution in [0.1, 0.15) is 112 Å². The van der Waals surface area contributed by atoms with Gasteiger partial charge in [-0.25, -0.2) is 0 Å². The molecule has 2 aromatic rings. The SMILES string of the molecule is CC(C)c1cc(C(=[OH+])[OH2+])c(O)c(C(C)C)c1.CC(C)c1cc(C(=[OH+])[OH2+])c(O)c(C(C)C)c1.[Mn+2]. The molecule has 0 heterocycles. The van der Waals surface area contributed by atoms with Crippen LogP contribution in [-0.4, -0.2) is 42.0 Å². The molecule has 33 heavy (non-hydrogen) atoms. The maximum atomic E-state index is 9.94. The van der Waals surface area contributed by atoms with Gasteiger partial charge in [0.05, 0.1) is 0 Å². The van der Waals surface area contributed by atoms with E-state index < -0.39 is 11.9 Å². The first-order chi connectivity index (χ1) is 14.7. The molecule has 0 unspecified atom stereocenters. The van der Waals surface area contributed by atoms with Gasteiger partial charge in [-0.05, 0) is 58.1 Å². The standard InChI is InChI=1S/2C13H18O3.Mn/c2*1-7(2)9-5-10(8(3)4)12(14)11(6-9)13(15)16;/h2*5-8,14H,1-4H3,(H,15,16);/q;;+2/p+4. The number of benzene rings is 2. The molecular formula is C26H40MnO6+6. The van der Waals surface area contributed by atoms with Gasteiger partial charge in [0.25, 0.3) is 0 Å². The van der Waals surface area contributed by atoms with Gasteiger partial charge < -0.3 is 20.4 Å². The molecule has 6 nitrogen and oxygen atoms in total. The van der Waals surface area contributed by atoms with Gasteiger partial charge in [-0.15, -0.1) is 0 Å². The second-order valence-electron chi connectivity index (χ2n) is 9.33. The molecule has 0 amide bonds. The van der Waals surface area contributed by atoms with Crippen molar-refractivity contribution in [1.29, 1.82) is 0 Å². The third-order valence-corrected chi connectivity index (χ3v) is 5.41. The zero-order valence-electron chi connectivity index (χ0n) is 20.8. The molecular weight excluding hydrogens is 463 g/mol. The molecule has 0 aliphatic heterocycles. The van der Waals surface area contributed by atoms with Crippen molar-refractivity contribution in [3.8, 4) is 11.5 Å². The van der Waals surface area contributed by atoms with Gasteiger partial charge in [-0.1, -0.05) is 67.5 Å². The van der Waals surface area contributed by atoms with Crippen LogP contribution >= 0.6 is 0 Å². The maximum Gasteiger partial charge on any atom is 2.00 e. The third kappa shape index (κ3) is 7.79. The molecule has 0 aliphatic carbocycles. The summed E-state index contributed by atoms with van der Waals surface area (Å²) in [4.78, 5) is 18.5. The number of hydrogen-bond acceptors (Lipinski definition) is 2. The third-order valence-electron chi connectivity index (χ3n) is 5.41. The van der Waals surface area contributed by atoms with Crippen LogP contribution in [0.2, 0.25) is 0 Å². The van der Waals surface area contributed by atoms with Crippen LogP contribution in [0.5, 0.6) is 11.5 Å². The average Bonchev–Trinajstić information content (AvgIpc) is 2.67. The predicted octanol–water partition coefficient (Wildman–Crippen LogP) is 4.43. The Hall–Kier alpha value is -2.50. The average molecular weight is 504 g/mol. The normalized spacial score (nSPS) is 10.8. The van der Waals surface area contributed by atoms with Gasteiger partial charge >= 0.3 is 29.0 Å². The van der Waals surface area contributed by atoms with Crippen molar-refractivity contribution in [3.63, 3.8) is 0 Å². The zero-order chi connectivity index (χ0) is 24.9. The number of rotatable bonds is 6. The molecule has 0 atom stereocenters. The van der Waals surface area contributed by atoms with Gasteiger partial charge in [-0.3, -0.25) is 0 Å². The van der Waals surface area contributed by atoms with Crippen molar-refractivity contribution < 1.29 is 47.1 Å². The topological polar surface area (TPSA) is 129 Å². The molecule has 2 rings (SSSR count). The van der Waals surface area contributed by atoms with Crippen molar-refractivity contribution in [2.24, 2.45) is 0 Å². The fourth-order valence-electron chi connectivity index (χ4n) is 3.27. The van der Waals surface area contributed by atoms with E-state index >= 15 is 0 Å². The Morgan fingerprint density at radius 2 is 0.879 bits per heavy atom. The van der Waals surface area contributed by atoms with E-state index in [0.717, 1.165) is 22.3 Å². The van der Waals surface area contributed by atoms with Gasteiger partial charge in [0, 0.05) is 0 Å². The maximum absolute atomic E-state index is 9.94. The van der Waals surface area contributed by atoms with Crippen LogP contribution in [-0.2, 0) is 17.1 Å². The van der Waals surface area contributed by atoms with Crippen molar-refractivity contribution in [3.05, 3.63) is 57.6 Å². The fraction of sp³-hybridized carbons (Fsp3) is 0.462. The van der Waals surface area contributed by atoms with Crippen LogP contribution in [0.25, 0.3) is 0 Å². The summed E-state index contributed by atoms with van der Waals surface area (Å²) in [6.45, 7) is 16.1. The first kappa shape index (κ1) is 30.5. The van der Waals surface area contributed by atoms with Gasteiger partial charge in [-0.2, -0.15) is 9.59 Å². The van der Waals surface area contributed by atoms with Gasteiger partial charge in [0.2, 0.25) is 11.1 Å². The summed E-state index contributed by atoms with van der Waals surface area (Å²) < 4.78 is 0. The van der Waals surface area contributed by atoms with Crippen LogP contribution in [0, 0.1) is 0 Å². The van der Waals surface area contributed by atoms with Crippen LogP contribution < -0.4 is 0 Å². The first-order valence-electron chi connectivity index (χ1n) is 11.0.